The molecule has 4 saturated heterocycles. The minimum atomic E-state index is 0.740. The number of nitrogens with zero attached hydrogens (tertiary/aromatic N) is 1. The minimum absolute atomic E-state index is 0.740. The summed E-state index contributed by atoms with van der Waals surface area (Å²) in [4.78, 5) is 2.73. The summed E-state index contributed by atoms with van der Waals surface area (Å²) in [6.45, 7) is 1.14. The van der Waals surface area contributed by atoms with Gasteiger partial charge in [0.2, 0.25) is 0 Å². The molecule has 1 aromatic carbocycles. The first-order valence-electron chi connectivity index (χ1n) is 6.25. The lowest BCUT2D eigenvalue weighted by molar-refractivity contribution is 0.0474. The second-order valence-corrected chi connectivity index (χ2v) is 5.58. The van der Waals surface area contributed by atoms with Crippen LogP contribution in [-0.2, 0) is 6.54 Å². The van der Waals surface area contributed by atoms with E-state index >= 15 is 0 Å². The molecular formula is C13H15N3. The maximum atomic E-state index is 3.68. The van der Waals surface area contributed by atoms with E-state index in [1.807, 2.05) is 0 Å². The molecule has 4 fully saturated rings. The Labute approximate surface area is 94.8 Å². The van der Waals surface area contributed by atoms with Crippen LogP contribution in [0.15, 0.2) is 30.3 Å². The van der Waals surface area contributed by atoms with Crippen molar-refractivity contribution in [1.82, 2.24) is 15.5 Å². The highest BCUT2D eigenvalue weighted by atomic mass is 15.5. The van der Waals surface area contributed by atoms with Gasteiger partial charge in [-0.05, 0) is 5.56 Å². The van der Waals surface area contributed by atoms with Crippen LogP contribution < -0.4 is 10.6 Å². The zero-order valence-electron chi connectivity index (χ0n) is 9.01. The predicted molar refractivity (Wildman–Crippen MR) is 61.0 cm³/mol. The monoisotopic (exact) mass is 213 g/mol. The molecule has 82 valence electrons. The summed E-state index contributed by atoms with van der Waals surface area (Å²) >= 11 is 0. The highest BCUT2D eigenvalue weighted by molar-refractivity contribution is 5.38. The molecule has 16 heavy (non-hydrogen) atoms. The number of rotatable bonds is 2. The summed E-state index contributed by atoms with van der Waals surface area (Å²) < 4.78 is 0. The summed E-state index contributed by atoms with van der Waals surface area (Å²) in [6, 6.07) is 15.5. The molecular weight excluding hydrogens is 198 g/mol. The van der Waals surface area contributed by atoms with Crippen molar-refractivity contribution >= 4 is 0 Å². The molecule has 5 rings (SSSR count). The lowest BCUT2D eigenvalue weighted by atomic mass is 9.69. The number of nitrogens with one attached hydrogen (secondary N) is 2. The number of piperazine rings is 1. The van der Waals surface area contributed by atoms with Crippen LogP contribution in [0.2, 0.25) is 0 Å². The van der Waals surface area contributed by atoms with Crippen LogP contribution in [0.1, 0.15) is 5.56 Å². The normalized spacial score (nSPS) is 51.2. The van der Waals surface area contributed by atoms with Gasteiger partial charge >= 0.3 is 0 Å². The second-order valence-electron chi connectivity index (χ2n) is 5.58. The Balaban J connectivity index is 1.46. The third-order valence-electron chi connectivity index (χ3n) is 4.99. The maximum Gasteiger partial charge on any atom is 0.0442 e. The van der Waals surface area contributed by atoms with Gasteiger partial charge in [0.05, 0.1) is 0 Å². The predicted octanol–water partition coefficient (Wildman–Crippen LogP) is -0.0662. The highest BCUT2D eigenvalue weighted by Crippen LogP contribution is 2.51. The van der Waals surface area contributed by atoms with E-state index in [-0.39, 0.29) is 0 Å². The molecule has 0 aromatic heterocycles. The molecule has 4 aliphatic rings. The fraction of sp³-hybridized carbons (Fsp3) is 0.538. The van der Waals surface area contributed by atoms with E-state index in [2.05, 4.69) is 45.9 Å². The van der Waals surface area contributed by atoms with E-state index in [0.717, 1.165) is 42.8 Å². The third kappa shape index (κ3) is 0.735. The molecule has 3 heteroatoms. The first-order chi connectivity index (χ1) is 7.93. The van der Waals surface area contributed by atoms with Crippen LogP contribution in [0.25, 0.3) is 0 Å². The molecule has 2 bridgehead atoms. The Hall–Kier alpha value is -0.900. The number of benzene rings is 1. The van der Waals surface area contributed by atoms with Crippen molar-refractivity contribution in [3.05, 3.63) is 35.9 Å². The van der Waals surface area contributed by atoms with Gasteiger partial charge in [-0.15, -0.1) is 0 Å². The van der Waals surface area contributed by atoms with E-state index in [0.29, 0.717) is 0 Å². The van der Waals surface area contributed by atoms with E-state index in [9.17, 15) is 0 Å². The summed E-state index contributed by atoms with van der Waals surface area (Å²) in [6.07, 6.45) is 0. The first-order valence-corrected chi connectivity index (χ1v) is 6.25. The standard InChI is InChI=1S/C13H15N3/c1-2-4-7(5-3-1)6-16-12-8-9-13(16)11(15-9)10(12)14-8/h1-5,8-15H,6H2. The summed E-state index contributed by atoms with van der Waals surface area (Å²) in [7, 11) is 0. The van der Waals surface area contributed by atoms with Gasteiger partial charge in [-0.1, -0.05) is 30.3 Å². The number of piperidine rings is 2. The Morgan fingerprint density at radius 1 is 0.875 bits per heavy atom. The lowest BCUT2D eigenvalue weighted by Crippen LogP contribution is -2.88. The van der Waals surface area contributed by atoms with Gasteiger partial charge in [-0.25, -0.2) is 0 Å². The van der Waals surface area contributed by atoms with Gasteiger partial charge in [0, 0.05) is 42.8 Å². The van der Waals surface area contributed by atoms with E-state index in [1.165, 1.54) is 5.56 Å². The molecule has 2 N–H and O–H groups in total. The molecule has 0 spiro atoms. The van der Waals surface area contributed by atoms with Crippen LogP contribution in [0.4, 0.5) is 0 Å². The van der Waals surface area contributed by atoms with Crippen molar-refractivity contribution in [1.29, 1.82) is 0 Å². The van der Waals surface area contributed by atoms with Crippen molar-refractivity contribution < 1.29 is 0 Å². The van der Waals surface area contributed by atoms with Crippen molar-refractivity contribution in [3.8, 4) is 0 Å². The van der Waals surface area contributed by atoms with Crippen molar-refractivity contribution in [2.24, 2.45) is 0 Å². The van der Waals surface area contributed by atoms with E-state index in [4.69, 9.17) is 0 Å². The van der Waals surface area contributed by atoms with Gasteiger partial charge in [0.15, 0.2) is 0 Å². The molecule has 4 heterocycles. The zero-order valence-corrected chi connectivity index (χ0v) is 9.01. The smallest absolute Gasteiger partial charge is 0.0442 e. The third-order valence-corrected chi connectivity index (χ3v) is 4.99. The zero-order chi connectivity index (χ0) is 10.3. The lowest BCUT2D eigenvalue weighted by Gasteiger charge is -2.59. The van der Waals surface area contributed by atoms with Crippen LogP contribution in [-0.4, -0.2) is 41.2 Å². The van der Waals surface area contributed by atoms with Crippen molar-refractivity contribution in [2.75, 3.05) is 0 Å². The Kier molecular flexibility index (Phi) is 1.29. The van der Waals surface area contributed by atoms with Crippen LogP contribution in [0.5, 0.6) is 0 Å². The van der Waals surface area contributed by atoms with Crippen LogP contribution in [0.3, 0.4) is 0 Å². The van der Waals surface area contributed by atoms with Crippen molar-refractivity contribution in [3.63, 3.8) is 0 Å². The Morgan fingerprint density at radius 2 is 1.44 bits per heavy atom. The molecule has 1 aromatic rings. The Bertz CT molecular complexity index is 408. The van der Waals surface area contributed by atoms with Crippen molar-refractivity contribution in [2.45, 2.75) is 42.8 Å². The fourth-order valence-electron chi connectivity index (χ4n) is 4.34. The van der Waals surface area contributed by atoms with E-state index < -0.39 is 0 Å². The minimum Gasteiger partial charge on any atom is -0.305 e. The van der Waals surface area contributed by atoms with Gasteiger partial charge in [0.1, 0.15) is 0 Å². The molecule has 0 saturated carbocycles. The number of hydrogen-bond donors (Lipinski definition) is 2. The molecule has 0 amide bonds. The quantitative estimate of drug-likeness (QED) is 0.720. The Morgan fingerprint density at radius 3 is 2.00 bits per heavy atom. The fourth-order valence-corrected chi connectivity index (χ4v) is 4.34. The number of hydrogen-bond acceptors (Lipinski definition) is 3. The molecule has 4 atom stereocenters. The maximum absolute atomic E-state index is 3.68. The molecule has 3 nitrogen and oxygen atoms in total. The topological polar surface area (TPSA) is 27.3 Å². The van der Waals surface area contributed by atoms with E-state index in [1.54, 1.807) is 0 Å². The summed E-state index contributed by atoms with van der Waals surface area (Å²) in [5.41, 5.74) is 1.46. The molecule has 0 radical (unpaired) electrons. The molecule has 4 aliphatic heterocycles. The average molecular weight is 213 g/mol. The van der Waals surface area contributed by atoms with Gasteiger partial charge in [-0.2, -0.15) is 0 Å². The van der Waals surface area contributed by atoms with Gasteiger partial charge in [-0.3, -0.25) is 4.90 Å². The number of fused-ring (bicyclic) bond motifs is 2. The SMILES string of the molecule is c1ccc(CN2C3C4NC3C3NC4C32)cc1. The first kappa shape index (κ1) is 8.23. The highest BCUT2D eigenvalue weighted by Gasteiger charge is 2.75. The second kappa shape index (κ2) is 2.50. The van der Waals surface area contributed by atoms with Crippen LogP contribution >= 0.6 is 0 Å². The van der Waals surface area contributed by atoms with Gasteiger partial charge < -0.3 is 10.6 Å². The average Bonchev–Trinajstić information content (AvgIpc) is 2.55. The molecule has 4 unspecified atom stereocenters. The largest absolute Gasteiger partial charge is 0.305 e. The van der Waals surface area contributed by atoms with Crippen LogP contribution in [0, 0.1) is 0 Å². The molecule has 0 aliphatic carbocycles. The van der Waals surface area contributed by atoms with Gasteiger partial charge in [0.25, 0.3) is 0 Å². The summed E-state index contributed by atoms with van der Waals surface area (Å²) in [5.74, 6) is 0. The summed E-state index contributed by atoms with van der Waals surface area (Å²) in [5, 5.41) is 7.36.